The van der Waals surface area contributed by atoms with Gasteiger partial charge in [0.2, 0.25) is 5.91 Å². The Labute approximate surface area is 254 Å². The summed E-state index contributed by atoms with van der Waals surface area (Å²) in [6.45, 7) is 9.81. The van der Waals surface area contributed by atoms with Gasteiger partial charge in [-0.3, -0.25) is 9.69 Å². The minimum Gasteiger partial charge on any atom is -0.366 e. The van der Waals surface area contributed by atoms with E-state index in [4.69, 9.17) is 0 Å². The number of nitriles is 1. The molecule has 1 aromatic carbocycles. The third-order valence-corrected chi connectivity index (χ3v) is 10.9. The predicted octanol–water partition coefficient (Wildman–Crippen LogP) is 3.49. The zero-order valence-corrected chi connectivity index (χ0v) is 26.6. The van der Waals surface area contributed by atoms with E-state index in [2.05, 4.69) is 55.1 Å². The molecule has 2 aliphatic rings. The number of benzene rings is 1. The van der Waals surface area contributed by atoms with Crippen molar-refractivity contribution in [1.29, 1.82) is 5.26 Å². The quantitative estimate of drug-likeness (QED) is 0.358. The molecule has 1 amide bonds. The summed E-state index contributed by atoms with van der Waals surface area (Å²) < 4.78 is 27.8. The van der Waals surface area contributed by atoms with E-state index in [-0.39, 0.29) is 11.2 Å². The molecule has 2 fully saturated rings. The van der Waals surface area contributed by atoms with Crippen molar-refractivity contribution in [3.05, 3.63) is 41.3 Å². The molecule has 232 valence electrons. The summed E-state index contributed by atoms with van der Waals surface area (Å²) in [5, 5.41) is 17.3. The van der Waals surface area contributed by atoms with Crippen LogP contribution in [0.3, 0.4) is 0 Å². The first-order valence-corrected chi connectivity index (χ1v) is 17.3. The molecule has 12 heteroatoms. The molecule has 5 rings (SSSR count). The molecular formula is C31H44N8O3S. The summed E-state index contributed by atoms with van der Waals surface area (Å²) in [6.07, 6.45) is 6.80. The van der Waals surface area contributed by atoms with Crippen LogP contribution in [0.25, 0.3) is 10.9 Å². The van der Waals surface area contributed by atoms with Crippen molar-refractivity contribution >= 4 is 38.3 Å². The van der Waals surface area contributed by atoms with E-state index in [1.54, 1.807) is 6.33 Å². The van der Waals surface area contributed by atoms with E-state index >= 15 is 0 Å². The Morgan fingerprint density at radius 1 is 1.09 bits per heavy atom. The highest BCUT2D eigenvalue weighted by atomic mass is 32.2. The first kappa shape index (κ1) is 31.0. The molecule has 43 heavy (non-hydrogen) atoms. The van der Waals surface area contributed by atoms with E-state index in [0.29, 0.717) is 43.4 Å². The van der Waals surface area contributed by atoms with Crippen molar-refractivity contribution in [2.75, 3.05) is 49.6 Å². The van der Waals surface area contributed by atoms with E-state index in [0.717, 1.165) is 68.8 Å². The van der Waals surface area contributed by atoms with Crippen LogP contribution in [0.15, 0.2) is 24.5 Å². The number of nitrogens with zero attached hydrogens (tertiary/aromatic N) is 6. The predicted molar refractivity (Wildman–Crippen MR) is 170 cm³/mol. The normalized spacial score (nSPS) is 17.7. The van der Waals surface area contributed by atoms with Gasteiger partial charge in [-0.05, 0) is 69.0 Å². The molecule has 2 N–H and O–H groups in total. The number of fused-ring (bicyclic) bond motifs is 1. The van der Waals surface area contributed by atoms with Crippen LogP contribution < -0.4 is 10.6 Å². The summed E-state index contributed by atoms with van der Waals surface area (Å²) in [4.78, 5) is 21.0. The second-order valence-corrected chi connectivity index (χ2v) is 14.4. The Bertz CT molecular complexity index is 1600. The second-order valence-electron chi connectivity index (χ2n) is 12.1. The third kappa shape index (κ3) is 7.06. The second kappa shape index (κ2) is 13.1. The van der Waals surface area contributed by atoms with Gasteiger partial charge < -0.3 is 24.7 Å². The van der Waals surface area contributed by atoms with E-state index < -0.39 is 9.84 Å². The van der Waals surface area contributed by atoms with Crippen LogP contribution in [-0.4, -0.2) is 88.5 Å². The first-order valence-electron chi connectivity index (χ1n) is 15.3. The number of aromatic nitrogens is 3. The smallest absolute Gasteiger partial charge is 0.225 e. The number of rotatable bonds is 10. The van der Waals surface area contributed by atoms with Gasteiger partial charge in [0.1, 0.15) is 21.6 Å². The molecule has 2 aromatic heterocycles. The van der Waals surface area contributed by atoms with Crippen LogP contribution >= 0.6 is 0 Å². The SMILES string of the molecule is CCC(=O)Nc1ncn(C)c1NC1CCN(Cc2ccc3c(cc(C#N)n3CCN3CCC(S(C)(=O)=O)CC3)c2C)CC1. The van der Waals surface area contributed by atoms with Crippen molar-refractivity contribution in [2.45, 2.75) is 70.3 Å². The molecule has 0 saturated carbocycles. The Hall–Kier alpha value is -3.40. The van der Waals surface area contributed by atoms with Gasteiger partial charge >= 0.3 is 0 Å². The average Bonchev–Trinajstić information content (AvgIpc) is 3.53. The highest BCUT2D eigenvalue weighted by Crippen LogP contribution is 2.29. The van der Waals surface area contributed by atoms with Crippen LogP contribution in [0.4, 0.5) is 11.6 Å². The number of piperidine rings is 2. The Morgan fingerprint density at radius 3 is 2.44 bits per heavy atom. The maximum Gasteiger partial charge on any atom is 0.225 e. The lowest BCUT2D eigenvalue weighted by atomic mass is 10.0. The summed E-state index contributed by atoms with van der Waals surface area (Å²) in [6, 6.07) is 9.06. The summed E-state index contributed by atoms with van der Waals surface area (Å²) in [5.74, 6) is 1.38. The monoisotopic (exact) mass is 608 g/mol. The Kier molecular flexibility index (Phi) is 9.44. The fourth-order valence-electron chi connectivity index (χ4n) is 6.41. The average molecular weight is 609 g/mol. The third-order valence-electron chi connectivity index (χ3n) is 9.20. The molecule has 3 aromatic rings. The van der Waals surface area contributed by atoms with E-state index in [9.17, 15) is 18.5 Å². The highest BCUT2D eigenvalue weighted by Gasteiger charge is 2.27. The molecule has 0 atom stereocenters. The molecule has 2 aliphatic heterocycles. The molecule has 0 radical (unpaired) electrons. The molecular weight excluding hydrogens is 564 g/mol. The zero-order chi connectivity index (χ0) is 30.7. The highest BCUT2D eigenvalue weighted by molar-refractivity contribution is 7.91. The van der Waals surface area contributed by atoms with Gasteiger partial charge in [-0.2, -0.15) is 5.26 Å². The number of aryl methyl sites for hydroxylation is 2. The van der Waals surface area contributed by atoms with Crippen LogP contribution in [-0.2, 0) is 34.8 Å². The first-order chi connectivity index (χ1) is 20.6. The maximum absolute atomic E-state index is 11.9. The lowest BCUT2D eigenvalue weighted by Crippen LogP contribution is -2.40. The lowest BCUT2D eigenvalue weighted by molar-refractivity contribution is -0.115. The van der Waals surface area contributed by atoms with Gasteiger partial charge in [0, 0.05) is 69.4 Å². The number of carbonyl (C=O) groups excluding carboxylic acids is 1. The summed E-state index contributed by atoms with van der Waals surface area (Å²) in [5.41, 5.74) is 4.24. The molecule has 0 bridgehead atoms. The fraction of sp³-hybridized carbons (Fsp3) is 0.581. The standard InChI is InChI=1S/C31H44N8O3S/c1-5-29(40)35-30-31(36(3)21-33-30)34-24-8-12-38(13-9-24)20-23-6-7-28-27(22(23)2)18-25(19-32)39(28)17-16-37-14-10-26(11-15-37)43(4,41)42/h6-7,18,21,24,26,34H,5,8-17,20H2,1-4H3,(H,35,40). The molecule has 4 heterocycles. The number of imidazole rings is 1. The lowest BCUT2D eigenvalue weighted by Gasteiger charge is -2.33. The van der Waals surface area contributed by atoms with Crippen molar-refractivity contribution < 1.29 is 13.2 Å². The van der Waals surface area contributed by atoms with Gasteiger partial charge in [0.15, 0.2) is 11.6 Å². The van der Waals surface area contributed by atoms with Gasteiger partial charge in [-0.15, -0.1) is 0 Å². The number of nitrogens with one attached hydrogen (secondary N) is 2. The maximum atomic E-state index is 11.9. The van der Waals surface area contributed by atoms with Crippen molar-refractivity contribution in [1.82, 2.24) is 23.9 Å². The van der Waals surface area contributed by atoms with E-state index in [1.807, 2.05) is 24.6 Å². The van der Waals surface area contributed by atoms with Crippen LogP contribution in [0, 0.1) is 18.3 Å². The van der Waals surface area contributed by atoms with Crippen molar-refractivity contribution in [2.24, 2.45) is 7.05 Å². The zero-order valence-electron chi connectivity index (χ0n) is 25.8. The van der Waals surface area contributed by atoms with Crippen LogP contribution in [0.5, 0.6) is 0 Å². The van der Waals surface area contributed by atoms with Gasteiger partial charge in [-0.25, -0.2) is 13.4 Å². The number of likely N-dealkylation sites (tertiary alicyclic amines) is 2. The Morgan fingerprint density at radius 2 is 1.79 bits per heavy atom. The number of sulfone groups is 1. The van der Waals surface area contributed by atoms with Crippen molar-refractivity contribution in [3.63, 3.8) is 0 Å². The number of hydrogen-bond acceptors (Lipinski definition) is 8. The molecule has 0 spiro atoms. The molecule has 0 unspecified atom stereocenters. The van der Waals surface area contributed by atoms with Gasteiger partial charge in [0.25, 0.3) is 0 Å². The Balaban J connectivity index is 1.19. The number of carbonyl (C=O) groups is 1. The minimum absolute atomic E-state index is 0.0484. The number of anilines is 2. The molecule has 2 saturated heterocycles. The largest absolute Gasteiger partial charge is 0.366 e. The molecule has 0 aliphatic carbocycles. The molecule has 11 nitrogen and oxygen atoms in total. The van der Waals surface area contributed by atoms with Crippen LogP contribution in [0.1, 0.15) is 55.8 Å². The van der Waals surface area contributed by atoms with Gasteiger partial charge in [-0.1, -0.05) is 13.0 Å². The summed E-state index contributed by atoms with van der Waals surface area (Å²) >= 11 is 0. The minimum atomic E-state index is -2.99. The van der Waals surface area contributed by atoms with Crippen LogP contribution in [0.2, 0.25) is 0 Å². The summed E-state index contributed by atoms with van der Waals surface area (Å²) in [7, 11) is -1.06. The van der Waals surface area contributed by atoms with E-state index in [1.165, 1.54) is 17.4 Å². The fourth-order valence-corrected chi connectivity index (χ4v) is 7.48. The number of hydrogen-bond donors (Lipinski definition) is 2. The van der Waals surface area contributed by atoms with Crippen molar-refractivity contribution in [3.8, 4) is 6.07 Å². The number of amides is 1. The topological polar surface area (TPSA) is 128 Å². The van der Waals surface area contributed by atoms with Gasteiger partial charge in [0.05, 0.1) is 11.6 Å².